The number of ether oxygens (including phenoxy) is 1. The van der Waals surface area contributed by atoms with Crippen LogP contribution in [0.25, 0.3) is 22.7 Å². The summed E-state index contributed by atoms with van der Waals surface area (Å²) in [5, 5.41) is 6.57. The van der Waals surface area contributed by atoms with Crippen LogP contribution in [0.15, 0.2) is 28.7 Å². The van der Waals surface area contributed by atoms with Gasteiger partial charge < -0.3 is 14.9 Å². The summed E-state index contributed by atoms with van der Waals surface area (Å²) in [4.78, 5) is 4.32. The van der Waals surface area contributed by atoms with E-state index in [2.05, 4.69) is 15.2 Å². The Hall–Kier alpha value is -2.50. The molecule has 0 spiro atoms. The summed E-state index contributed by atoms with van der Waals surface area (Å²) in [6.07, 6.45) is 0. The first kappa shape index (κ1) is 9.71. The molecule has 0 saturated carbocycles. The Bertz CT molecular complexity index is 671. The van der Waals surface area contributed by atoms with E-state index < -0.39 is 0 Å². The molecule has 0 saturated heterocycles. The van der Waals surface area contributed by atoms with Crippen LogP contribution in [0.3, 0.4) is 0 Å². The number of fused-ring (bicyclic) bond motifs is 1. The molecule has 2 heterocycles. The zero-order valence-electron chi connectivity index (χ0n) is 9.10. The third-order valence-electron chi connectivity index (χ3n) is 2.42. The number of anilines is 1. The Morgan fingerprint density at radius 3 is 2.94 bits per heavy atom. The molecule has 1 aromatic carbocycles. The fourth-order valence-corrected chi connectivity index (χ4v) is 1.59. The van der Waals surface area contributed by atoms with Gasteiger partial charge in [0.15, 0.2) is 5.58 Å². The number of hydrogen-bond acceptors (Lipinski definition) is 5. The lowest BCUT2D eigenvalue weighted by Gasteiger charge is -1.95. The zero-order chi connectivity index (χ0) is 11.8. The van der Waals surface area contributed by atoms with Crippen molar-refractivity contribution in [1.29, 1.82) is 0 Å². The topological polar surface area (TPSA) is 90.0 Å². The predicted molar refractivity (Wildman–Crippen MR) is 62.6 cm³/mol. The summed E-state index contributed by atoms with van der Waals surface area (Å²) < 4.78 is 10.7. The van der Waals surface area contributed by atoms with Gasteiger partial charge in [-0.25, -0.2) is 4.98 Å². The van der Waals surface area contributed by atoms with Crippen LogP contribution >= 0.6 is 0 Å². The number of rotatable bonds is 2. The highest BCUT2D eigenvalue weighted by Gasteiger charge is 2.10. The van der Waals surface area contributed by atoms with Gasteiger partial charge in [0.1, 0.15) is 22.8 Å². The van der Waals surface area contributed by atoms with Gasteiger partial charge in [0.05, 0.1) is 7.11 Å². The molecule has 17 heavy (non-hydrogen) atoms. The molecule has 0 bridgehead atoms. The first-order valence-electron chi connectivity index (χ1n) is 5.02. The van der Waals surface area contributed by atoms with Crippen LogP contribution < -0.4 is 10.5 Å². The van der Waals surface area contributed by atoms with E-state index in [1.807, 2.05) is 12.1 Å². The second kappa shape index (κ2) is 3.51. The molecular weight excluding hydrogens is 220 g/mol. The molecule has 0 fully saturated rings. The molecule has 6 heteroatoms. The number of benzene rings is 1. The lowest BCUT2D eigenvalue weighted by molar-refractivity contribution is 0.414. The highest BCUT2D eigenvalue weighted by Crippen LogP contribution is 2.26. The second-order valence-electron chi connectivity index (χ2n) is 3.56. The first-order valence-corrected chi connectivity index (χ1v) is 5.02. The van der Waals surface area contributed by atoms with Gasteiger partial charge in [-0.2, -0.15) is 5.10 Å². The monoisotopic (exact) mass is 230 g/mol. The molecular formula is C11H10N4O2. The first-order chi connectivity index (χ1) is 8.26. The van der Waals surface area contributed by atoms with Crippen LogP contribution in [0.2, 0.25) is 0 Å². The number of H-pyrrole nitrogens is 1. The molecule has 0 amide bonds. The molecule has 0 atom stereocenters. The maximum Gasteiger partial charge on any atom is 0.245 e. The number of aromatic amines is 1. The molecule has 0 aliphatic heterocycles. The molecule has 3 aromatic rings. The van der Waals surface area contributed by atoms with Crippen molar-refractivity contribution in [3.8, 4) is 17.3 Å². The van der Waals surface area contributed by atoms with E-state index in [9.17, 15) is 0 Å². The summed E-state index contributed by atoms with van der Waals surface area (Å²) in [7, 11) is 1.61. The normalized spacial score (nSPS) is 10.9. The van der Waals surface area contributed by atoms with Crippen molar-refractivity contribution in [3.05, 3.63) is 24.3 Å². The zero-order valence-corrected chi connectivity index (χ0v) is 9.10. The largest absolute Gasteiger partial charge is 0.497 e. The van der Waals surface area contributed by atoms with Gasteiger partial charge in [-0.3, -0.25) is 5.10 Å². The standard InChI is InChI=1S/C11H10N4O2/c1-16-6-2-3-7-9(4-6)17-11(13-7)8-5-10(12)15-14-8/h2-5H,1H3,(H3,12,14,15). The average molecular weight is 230 g/mol. The number of nitrogen functional groups attached to an aromatic ring is 1. The van der Waals surface area contributed by atoms with Crippen molar-refractivity contribution in [1.82, 2.24) is 15.2 Å². The van der Waals surface area contributed by atoms with Gasteiger partial charge in [0.25, 0.3) is 0 Å². The Labute approximate surface area is 96.4 Å². The van der Waals surface area contributed by atoms with E-state index in [1.165, 1.54) is 0 Å². The van der Waals surface area contributed by atoms with Crippen molar-refractivity contribution in [2.45, 2.75) is 0 Å². The molecule has 0 unspecified atom stereocenters. The number of nitrogens with one attached hydrogen (secondary N) is 1. The van der Waals surface area contributed by atoms with Gasteiger partial charge >= 0.3 is 0 Å². The van der Waals surface area contributed by atoms with Crippen molar-refractivity contribution in [3.63, 3.8) is 0 Å². The molecule has 3 rings (SSSR count). The Balaban J connectivity index is 2.13. The lowest BCUT2D eigenvalue weighted by Crippen LogP contribution is -1.81. The van der Waals surface area contributed by atoms with Crippen LogP contribution in [-0.2, 0) is 0 Å². The summed E-state index contributed by atoms with van der Waals surface area (Å²) >= 11 is 0. The highest BCUT2D eigenvalue weighted by molar-refractivity contribution is 5.77. The van der Waals surface area contributed by atoms with Gasteiger partial charge in [0.2, 0.25) is 5.89 Å². The van der Waals surface area contributed by atoms with Gasteiger partial charge in [-0.15, -0.1) is 0 Å². The van der Waals surface area contributed by atoms with Gasteiger partial charge in [-0.1, -0.05) is 0 Å². The van der Waals surface area contributed by atoms with Crippen molar-refractivity contribution in [2.75, 3.05) is 12.8 Å². The number of oxazole rings is 1. The fraction of sp³-hybridized carbons (Fsp3) is 0.0909. The van der Waals surface area contributed by atoms with Crippen LogP contribution in [0.1, 0.15) is 0 Å². The third kappa shape index (κ3) is 1.59. The maximum atomic E-state index is 5.59. The second-order valence-corrected chi connectivity index (χ2v) is 3.56. The summed E-state index contributed by atoms with van der Waals surface area (Å²) in [6, 6.07) is 7.12. The predicted octanol–water partition coefficient (Wildman–Crippen LogP) is 1.81. The van der Waals surface area contributed by atoms with Crippen LogP contribution in [0.4, 0.5) is 5.82 Å². The maximum absolute atomic E-state index is 5.59. The minimum Gasteiger partial charge on any atom is -0.497 e. The Morgan fingerprint density at radius 1 is 1.35 bits per heavy atom. The van der Waals surface area contributed by atoms with Gasteiger partial charge in [0, 0.05) is 12.1 Å². The smallest absolute Gasteiger partial charge is 0.245 e. The molecule has 86 valence electrons. The molecule has 6 nitrogen and oxygen atoms in total. The Morgan fingerprint density at radius 2 is 2.24 bits per heavy atom. The average Bonchev–Trinajstić information content (AvgIpc) is 2.93. The number of aromatic nitrogens is 3. The molecule has 2 aromatic heterocycles. The summed E-state index contributed by atoms with van der Waals surface area (Å²) in [6.45, 7) is 0. The van der Waals surface area contributed by atoms with Gasteiger partial charge in [-0.05, 0) is 12.1 Å². The van der Waals surface area contributed by atoms with Crippen LogP contribution in [0, 0.1) is 0 Å². The summed E-state index contributed by atoms with van der Waals surface area (Å²) in [5.74, 6) is 1.58. The van der Waals surface area contributed by atoms with E-state index in [1.54, 1.807) is 19.2 Å². The number of nitrogens with zero attached hydrogens (tertiary/aromatic N) is 2. The number of nitrogens with two attached hydrogens (primary N) is 1. The number of methoxy groups -OCH3 is 1. The number of hydrogen-bond donors (Lipinski definition) is 2. The summed E-state index contributed by atoms with van der Waals surface area (Å²) in [5.41, 5.74) is 7.59. The van der Waals surface area contributed by atoms with Crippen molar-refractivity contribution >= 4 is 16.9 Å². The third-order valence-corrected chi connectivity index (χ3v) is 2.42. The van der Waals surface area contributed by atoms with E-state index in [0.717, 1.165) is 11.3 Å². The van der Waals surface area contributed by atoms with Crippen LogP contribution in [-0.4, -0.2) is 22.3 Å². The lowest BCUT2D eigenvalue weighted by atomic mass is 10.3. The van der Waals surface area contributed by atoms with Crippen molar-refractivity contribution < 1.29 is 9.15 Å². The van der Waals surface area contributed by atoms with E-state index in [4.69, 9.17) is 14.9 Å². The molecule has 0 radical (unpaired) electrons. The highest BCUT2D eigenvalue weighted by atomic mass is 16.5. The fourth-order valence-electron chi connectivity index (χ4n) is 1.59. The van der Waals surface area contributed by atoms with E-state index >= 15 is 0 Å². The molecule has 0 aliphatic carbocycles. The quantitative estimate of drug-likeness (QED) is 0.700. The minimum absolute atomic E-state index is 0.403. The Kier molecular flexibility index (Phi) is 2.01. The SMILES string of the molecule is COc1ccc2nc(-c3cc(N)n[nH]3)oc2c1. The molecule has 3 N–H and O–H groups in total. The molecule has 0 aliphatic rings. The van der Waals surface area contributed by atoms with Crippen molar-refractivity contribution in [2.24, 2.45) is 0 Å². The minimum atomic E-state index is 0.403. The van der Waals surface area contributed by atoms with Crippen LogP contribution in [0.5, 0.6) is 5.75 Å². The van der Waals surface area contributed by atoms with E-state index in [0.29, 0.717) is 23.0 Å². The van der Waals surface area contributed by atoms with E-state index in [-0.39, 0.29) is 0 Å².